The van der Waals surface area contributed by atoms with Crippen molar-refractivity contribution in [1.82, 2.24) is 0 Å². The maximum absolute atomic E-state index is 13.1. The van der Waals surface area contributed by atoms with E-state index >= 15 is 0 Å². The van der Waals surface area contributed by atoms with Crippen LogP contribution in [-0.4, -0.2) is 17.1 Å². The predicted octanol–water partition coefficient (Wildman–Crippen LogP) is 8.18. The highest BCUT2D eigenvalue weighted by molar-refractivity contribution is 6.37. The van der Waals surface area contributed by atoms with Gasteiger partial charge in [0.15, 0.2) is 11.9 Å². The zero-order valence-electron chi connectivity index (χ0n) is 21.0. The first-order chi connectivity index (χ1) is 15.3. The minimum Gasteiger partial charge on any atom is -0.504 e. The summed E-state index contributed by atoms with van der Waals surface area (Å²) < 4.78 is 6.28. The molecule has 2 aromatic rings. The maximum Gasteiger partial charge on any atom is 0.265 e. The molecule has 0 aliphatic carbocycles. The molecule has 0 spiro atoms. The van der Waals surface area contributed by atoms with E-state index in [4.69, 9.17) is 27.9 Å². The van der Waals surface area contributed by atoms with Crippen LogP contribution in [0.15, 0.2) is 24.3 Å². The van der Waals surface area contributed by atoms with E-state index in [1.165, 1.54) is 11.6 Å². The molecule has 182 valence electrons. The molecule has 2 aromatic carbocycles. The quantitative estimate of drug-likeness (QED) is 0.346. The van der Waals surface area contributed by atoms with E-state index in [1.807, 2.05) is 13.0 Å². The van der Waals surface area contributed by atoms with Gasteiger partial charge in [-0.25, -0.2) is 0 Å². The Morgan fingerprint density at radius 2 is 1.67 bits per heavy atom. The lowest BCUT2D eigenvalue weighted by Crippen LogP contribution is -2.33. The number of amides is 1. The molecule has 2 N–H and O–H groups in total. The molecule has 0 unspecified atom stereocenters. The molecule has 33 heavy (non-hydrogen) atoms. The summed E-state index contributed by atoms with van der Waals surface area (Å²) in [5.41, 5.74) is 2.97. The molecule has 0 aromatic heterocycles. The molecule has 4 nitrogen and oxygen atoms in total. The van der Waals surface area contributed by atoms with E-state index in [-0.39, 0.29) is 33.2 Å². The number of phenolic OH excluding ortho intramolecular Hbond substituents is 1. The van der Waals surface area contributed by atoms with Crippen LogP contribution >= 0.6 is 23.2 Å². The third-order valence-corrected chi connectivity index (χ3v) is 7.72. The van der Waals surface area contributed by atoms with Gasteiger partial charge in [-0.05, 0) is 60.3 Å². The summed E-state index contributed by atoms with van der Waals surface area (Å²) in [6, 6.07) is 7.78. The summed E-state index contributed by atoms with van der Waals surface area (Å²) in [7, 11) is 0. The molecule has 0 radical (unpaired) electrons. The highest BCUT2D eigenvalue weighted by Gasteiger charge is 2.29. The summed E-state index contributed by atoms with van der Waals surface area (Å²) in [6.45, 7) is 16.8. The van der Waals surface area contributed by atoms with Gasteiger partial charge in [0.25, 0.3) is 5.91 Å². The lowest BCUT2D eigenvalue weighted by atomic mass is 9.76. The van der Waals surface area contributed by atoms with Crippen LogP contribution in [0, 0.1) is 6.92 Å². The van der Waals surface area contributed by atoms with E-state index in [2.05, 4.69) is 59.0 Å². The second-order valence-corrected chi connectivity index (χ2v) is 10.7. The molecule has 0 saturated heterocycles. The first-order valence-electron chi connectivity index (χ1n) is 11.6. The predicted molar refractivity (Wildman–Crippen MR) is 139 cm³/mol. The number of anilines is 1. The Labute approximate surface area is 208 Å². The van der Waals surface area contributed by atoms with Gasteiger partial charge in [0.05, 0.1) is 10.7 Å². The summed E-state index contributed by atoms with van der Waals surface area (Å²) in [5.74, 6) is 0.117. The normalized spacial score (nSPS) is 13.0. The van der Waals surface area contributed by atoms with E-state index in [9.17, 15) is 9.90 Å². The number of hydrogen-bond donors (Lipinski definition) is 2. The van der Waals surface area contributed by atoms with E-state index in [0.29, 0.717) is 22.8 Å². The Morgan fingerprint density at radius 1 is 1.06 bits per heavy atom. The highest BCUT2D eigenvalue weighted by Crippen LogP contribution is 2.40. The first kappa shape index (κ1) is 27.3. The van der Waals surface area contributed by atoms with Crippen LogP contribution in [0.25, 0.3) is 0 Å². The zero-order chi connectivity index (χ0) is 25.1. The van der Waals surface area contributed by atoms with Gasteiger partial charge in [-0.1, -0.05) is 83.8 Å². The first-order valence-corrected chi connectivity index (χ1v) is 12.3. The fraction of sp³-hybridized carbons (Fsp3) is 0.519. The Bertz CT molecular complexity index is 1010. The van der Waals surface area contributed by atoms with Crippen molar-refractivity contribution >= 4 is 34.8 Å². The molecule has 0 saturated carbocycles. The fourth-order valence-corrected chi connectivity index (χ4v) is 3.92. The number of ether oxygens (including phenoxy) is 1. The van der Waals surface area contributed by atoms with Gasteiger partial charge in [-0.2, -0.15) is 0 Å². The number of carbonyl (C=O) groups excluding carboxylic acids is 1. The van der Waals surface area contributed by atoms with Crippen molar-refractivity contribution in [3.05, 3.63) is 51.0 Å². The Balaban J connectivity index is 2.40. The van der Waals surface area contributed by atoms with Crippen LogP contribution < -0.4 is 10.1 Å². The summed E-state index contributed by atoms with van der Waals surface area (Å²) in [6.07, 6.45) is 1.65. The van der Waals surface area contributed by atoms with Crippen molar-refractivity contribution in [2.75, 3.05) is 5.32 Å². The largest absolute Gasteiger partial charge is 0.504 e. The summed E-state index contributed by atoms with van der Waals surface area (Å²) >= 11 is 12.3. The Morgan fingerprint density at radius 3 is 2.21 bits per heavy atom. The Hall–Kier alpha value is -1.91. The van der Waals surface area contributed by atoms with Crippen molar-refractivity contribution in [1.29, 1.82) is 0 Å². The number of benzene rings is 2. The molecule has 0 bridgehead atoms. The average molecular weight is 495 g/mol. The van der Waals surface area contributed by atoms with Crippen molar-refractivity contribution in [2.24, 2.45) is 0 Å². The maximum atomic E-state index is 13.1. The van der Waals surface area contributed by atoms with Crippen molar-refractivity contribution in [3.63, 3.8) is 0 Å². The van der Waals surface area contributed by atoms with Crippen molar-refractivity contribution < 1.29 is 14.6 Å². The Kier molecular flexibility index (Phi) is 8.75. The van der Waals surface area contributed by atoms with E-state index < -0.39 is 6.10 Å². The molecule has 0 heterocycles. The highest BCUT2D eigenvalue weighted by atomic mass is 35.5. The number of rotatable bonds is 9. The topological polar surface area (TPSA) is 58.6 Å². The monoisotopic (exact) mass is 493 g/mol. The molecular formula is C27H37Cl2NO3. The van der Waals surface area contributed by atoms with Crippen LogP contribution in [-0.2, 0) is 15.6 Å². The minimum absolute atomic E-state index is 0.0418. The lowest BCUT2D eigenvalue weighted by Gasteiger charge is -2.31. The molecule has 1 atom stereocenters. The van der Waals surface area contributed by atoms with Crippen LogP contribution in [0.2, 0.25) is 10.0 Å². The van der Waals surface area contributed by atoms with Crippen LogP contribution in [0.4, 0.5) is 5.69 Å². The van der Waals surface area contributed by atoms with Crippen molar-refractivity contribution in [3.8, 4) is 11.5 Å². The van der Waals surface area contributed by atoms with Gasteiger partial charge < -0.3 is 15.2 Å². The number of aromatic hydroxyl groups is 1. The van der Waals surface area contributed by atoms with Gasteiger partial charge in [0, 0.05) is 10.6 Å². The molecule has 0 aliphatic heterocycles. The molecule has 0 fully saturated rings. The molecule has 1 amide bonds. The molecular weight excluding hydrogens is 457 g/mol. The third-order valence-electron chi connectivity index (χ3n) is 6.87. The minimum atomic E-state index is -0.750. The van der Waals surface area contributed by atoms with Gasteiger partial charge in [0.1, 0.15) is 5.75 Å². The smallest absolute Gasteiger partial charge is 0.265 e. The van der Waals surface area contributed by atoms with E-state index in [1.54, 1.807) is 6.92 Å². The van der Waals surface area contributed by atoms with Gasteiger partial charge >= 0.3 is 0 Å². The number of hydrogen-bond acceptors (Lipinski definition) is 3. The van der Waals surface area contributed by atoms with Gasteiger partial charge in [-0.3, -0.25) is 4.79 Å². The SMILES string of the molecule is CC[C@H](Oc1ccc(C(C)(C)CC)cc1C(C)(C)CC)C(=O)Nc1cc(Cl)c(C)c(Cl)c1O. The van der Waals surface area contributed by atoms with Crippen LogP contribution in [0.1, 0.15) is 84.4 Å². The second-order valence-electron chi connectivity index (χ2n) is 9.88. The van der Waals surface area contributed by atoms with E-state index in [0.717, 1.165) is 18.4 Å². The molecule has 2 rings (SSSR count). The number of nitrogens with one attached hydrogen (secondary N) is 1. The standard InChI is InChI=1S/C27H37Cl2NO3/c1-9-21(25(32)30-20-15-19(28)16(4)23(29)24(20)31)33-22-13-12-17(26(5,6)10-2)14-18(22)27(7,8)11-3/h12-15,21,31H,9-11H2,1-8H3,(H,30,32)/t21-/m0/s1. The van der Waals surface area contributed by atoms with Gasteiger partial charge in [0.2, 0.25) is 0 Å². The summed E-state index contributed by atoms with van der Waals surface area (Å²) in [5, 5.41) is 13.6. The number of phenols is 1. The van der Waals surface area contributed by atoms with Crippen molar-refractivity contribution in [2.45, 2.75) is 91.6 Å². The number of carbonyl (C=O) groups is 1. The van der Waals surface area contributed by atoms with Crippen LogP contribution in [0.5, 0.6) is 11.5 Å². The fourth-order valence-electron chi connectivity index (χ4n) is 3.47. The lowest BCUT2D eigenvalue weighted by molar-refractivity contribution is -0.122. The van der Waals surface area contributed by atoms with Crippen LogP contribution in [0.3, 0.4) is 0 Å². The second kappa shape index (κ2) is 10.6. The number of halogens is 2. The van der Waals surface area contributed by atoms with Gasteiger partial charge in [-0.15, -0.1) is 0 Å². The molecule has 0 aliphatic rings. The summed E-state index contributed by atoms with van der Waals surface area (Å²) in [4.78, 5) is 13.1. The third kappa shape index (κ3) is 5.96. The zero-order valence-corrected chi connectivity index (χ0v) is 22.5. The molecule has 6 heteroatoms. The average Bonchev–Trinajstić information content (AvgIpc) is 2.79.